The Morgan fingerprint density at radius 3 is 2.78 bits per heavy atom. The summed E-state index contributed by atoms with van der Waals surface area (Å²) in [4.78, 5) is 5.88. The molecule has 6 heteroatoms. The number of nitrogens with two attached hydrogens (primary N) is 1. The summed E-state index contributed by atoms with van der Waals surface area (Å²) in [5.41, 5.74) is 4.99. The summed E-state index contributed by atoms with van der Waals surface area (Å²) in [6, 6.07) is 2.09. The molecule has 1 unspecified atom stereocenters. The van der Waals surface area contributed by atoms with Crippen molar-refractivity contribution < 1.29 is 13.2 Å². The number of hydrogen-bond donors (Lipinski definition) is 1. The zero-order valence-corrected chi connectivity index (χ0v) is 10.2. The quantitative estimate of drug-likeness (QED) is 0.886. The minimum atomic E-state index is -4.32. The monoisotopic (exact) mass is 259 g/mol. The smallest absolute Gasteiger partial charge is 0.356 e. The summed E-state index contributed by atoms with van der Waals surface area (Å²) >= 11 is 0. The van der Waals surface area contributed by atoms with E-state index < -0.39 is 11.7 Å². The van der Waals surface area contributed by atoms with Crippen LogP contribution in [0, 0.1) is 5.41 Å². The van der Waals surface area contributed by atoms with Crippen molar-refractivity contribution in [2.45, 2.75) is 19.5 Å². The number of nitrogens with zero attached hydrogens (tertiary/aromatic N) is 2. The van der Waals surface area contributed by atoms with Crippen LogP contribution in [-0.2, 0) is 6.18 Å². The van der Waals surface area contributed by atoms with Gasteiger partial charge in [0.25, 0.3) is 0 Å². The molecule has 0 radical (unpaired) electrons. The third-order valence-corrected chi connectivity index (χ3v) is 3.45. The fraction of sp³-hybridized carbons (Fsp3) is 0.583. The fourth-order valence-corrected chi connectivity index (χ4v) is 2.15. The van der Waals surface area contributed by atoms with Crippen LogP contribution < -0.4 is 10.6 Å². The van der Waals surface area contributed by atoms with Gasteiger partial charge in [0.2, 0.25) is 0 Å². The minimum absolute atomic E-state index is 0.0318. The van der Waals surface area contributed by atoms with Gasteiger partial charge < -0.3 is 10.6 Å². The Morgan fingerprint density at radius 1 is 1.50 bits per heavy atom. The molecule has 1 aromatic rings. The van der Waals surface area contributed by atoms with Crippen LogP contribution in [0.25, 0.3) is 0 Å². The van der Waals surface area contributed by atoms with Crippen molar-refractivity contribution in [3.63, 3.8) is 0 Å². The molecule has 18 heavy (non-hydrogen) atoms. The van der Waals surface area contributed by atoms with Crippen LogP contribution in [0.5, 0.6) is 0 Å². The van der Waals surface area contributed by atoms with E-state index in [4.69, 9.17) is 5.73 Å². The summed E-state index contributed by atoms with van der Waals surface area (Å²) in [6.45, 7) is 3.92. The lowest BCUT2D eigenvalue weighted by Gasteiger charge is -2.23. The Morgan fingerprint density at radius 2 is 2.22 bits per heavy atom. The Hall–Kier alpha value is -1.30. The Bertz CT molecular complexity index is 433. The number of rotatable bonds is 2. The molecule has 3 nitrogen and oxygen atoms in total. The van der Waals surface area contributed by atoms with E-state index >= 15 is 0 Å². The van der Waals surface area contributed by atoms with Gasteiger partial charge in [-0.25, -0.2) is 4.98 Å². The van der Waals surface area contributed by atoms with Crippen molar-refractivity contribution in [3.05, 3.63) is 23.9 Å². The van der Waals surface area contributed by atoms with E-state index in [1.807, 2.05) is 11.8 Å². The molecule has 100 valence electrons. The maximum Gasteiger partial charge on any atom is 0.416 e. The Labute approximate surface area is 104 Å². The molecule has 2 heterocycles. The Balaban J connectivity index is 2.21. The number of alkyl halides is 3. The largest absolute Gasteiger partial charge is 0.416 e. The molecular formula is C12H16F3N3. The predicted octanol–water partition coefficient (Wildman–Crippen LogP) is 2.28. The third kappa shape index (κ3) is 2.58. The molecule has 0 aliphatic carbocycles. The molecule has 1 aromatic heterocycles. The van der Waals surface area contributed by atoms with Crippen molar-refractivity contribution >= 4 is 5.82 Å². The summed E-state index contributed by atoms with van der Waals surface area (Å²) < 4.78 is 37.8. The molecule has 1 aliphatic rings. The first-order valence-corrected chi connectivity index (χ1v) is 5.82. The molecule has 2 N–H and O–H groups in total. The molecule has 1 fully saturated rings. The van der Waals surface area contributed by atoms with Gasteiger partial charge in [-0.2, -0.15) is 13.2 Å². The number of halogens is 3. The molecule has 2 rings (SSSR count). The molecule has 1 aliphatic heterocycles. The highest BCUT2D eigenvalue weighted by Crippen LogP contribution is 2.34. The van der Waals surface area contributed by atoms with Crippen molar-refractivity contribution in [2.24, 2.45) is 11.1 Å². The highest BCUT2D eigenvalue weighted by molar-refractivity contribution is 5.43. The molecule has 0 saturated carbocycles. The molecular weight excluding hydrogens is 243 g/mol. The lowest BCUT2D eigenvalue weighted by molar-refractivity contribution is -0.137. The van der Waals surface area contributed by atoms with E-state index in [0.29, 0.717) is 25.5 Å². The van der Waals surface area contributed by atoms with E-state index in [1.165, 1.54) is 6.20 Å². The summed E-state index contributed by atoms with van der Waals surface area (Å²) in [5, 5.41) is 0. The molecule has 1 atom stereocenters. The zero-order valence-electron chi connectivity index (χ0n) is 10.2. The standard InChI is InChI=1S/C12H16F3N3/c1-11(7-16)3-5-18(8-11)10-6-9(2-4-17-10)12(13,14)15/h2,4,6H,3,5,7-8,16H2,1H3. The first kappa shape index (κ1) is 13.1. The van der Waals surface area contributed by atoms with Crippen molar-refractivity contribution in [1.82, 2.24) is 4.98 Å². The van der Waals surface area contributed by atoms with Crippen LogP contribution >= 0.6 is 0 Å². The van der Waals surface area contributed by atoms with Gasteiger partial charge >= 0.3 is 6.18 Å². The number of pyridine rings is 1. The van der Waals surface area contributed by atoms with Crippen LogP contribution in [0.3, 0.4) is 0 Å². The third-order valence-electron chi connectivity index (χ3n) is 3.45. The van der Waals surface area contributed by atoms with Crippen molar-refractivity contribution in [3.8, 4) is 0 Å². The maximum atomic E-state index is 12.6. The highest BCUT2D eigenvalue weighted by atomic mass is 19.4. The molecule has 0 amide bonds. The second kappa shape index (κ2) is 4.42. The van der Waals surface area contributed by atoms with E-state index in [1.54, 1.807) is 0 Å². The van der Waals surface area contributed by atoms with Crippen LogP contribution in [0.1, 0.15) is 18.9 Å². The van der Waals surface area contributed by atoms with Gasteiger partial charge in [0.1, 0.15) is 5.82 Å². The van der Waals surface area contributed by atoms with Crippen molar-refractivity contribution in [2.75, 3.05) is 24.5 Å². The van der Waals surface area contributed by atoms with Crippen LogP contribution in [-0.4, -0.2) is 24.6 Å². The Kier molecular flexibility index (Phi) is 3.23. The first-order valence-electron chi connectivity index (χ1n) is 5.82. The number of aromatic nitrogens is 1. The second-order valence-corrected chi connectivity index (χ2v) is 5.09. The lowest BCUT2D eigenvalue weighted by atomic mass is 9.90. The molecule has 0 aromatic carbocycles. The lowest BCUT2D eigenvalue weighted by Crippen LogP contribution is -2.31. The topological polar surface area (TPSA) is 42.1 Å². The SMILES string of the molecule is CC1(CN)CCN(c2cc(C(F)(F)F)ccn2)C1. The minimum Gasteiger partial charge on any atom is -0.356 e. The van der Waals surface area contributed by atoms with E-state index in [0.717, 1.165) is 18.6 Å². The van der Waals surface area contributed by atoms with E-state index in [-0.39, 0.29) is 5.41 Å². The average molecular weight is 259 g/mol. The zero-order chi connectivity index (χ0) is 13.4. The van der Waals surface area contributed by atoms with Gasteiger partial charge in [-0.1, -0.05) is 6.92 Å². The van der Waals surface area contributed by atoms with Gasteiger partial charge in [0.05, 0.1) is 5.56 Å². The van der Waals surface area contributed by atoms with Crippen molar-refractivity contribution in [1.29, 1.82) is 0 Å². The summed E-state index contributed by atoms with van der Waals surface area (Å²) in [5.74, 6) is 0.377. The normalized spacial score (nSPS) is 24.6. The van der Waals surface area contributed by atoms with Crippen LogP contribution in [0.4, 0.5) is 19.0 Å². The summed E-state index contributed by atoms with van der Waals surface area (Å²) in [7, 11) is 0. The molecule has 1 saturated heterocycles. The maximum absolute atomic E-state index is 12.6. The fourth-order valence-electron chi connectivity index (χ4n) is 2.15. The average Bonchev–Trinajstić information content (AvgIpc) is 2.72. The van der Waals surface area contributed by atoms with Gasteiger partial charge in [-0.05, 0) is 30.5 Å². The highest BCUT2D eigenvalue weighted by Gasteiger charge is 2.35. The van der Waals surface area contributed by atoms with E-state index in [9.17, 15) is 13.2 Å². The van der Waals surface area contributed by atoms with Gasteiger partial charge in [-0.15, -0.1) is 0 Å². The molecule has 0 spiro atoms. The van der Waals surface area contributed by atoms with Gasteiger partial charge in [-0.3, -0.25) is 0 Å². The second-order valence-electron chi connectivity index (χ2n) is 5.09. The molecule has 0 bridgehead atoms. The number of hydrogen-bond acceptors (Lipinski definition) is 3. The number of anilines is 1. The van der Waals surface area contributed by atoms with Crippen LogP contribution in [0.2, 0.25) is 0 Å². The van der Waals surface area contributed by atoms with Crippen LogP contribution in [0.15, 0.2) is 18.3 Å². The van der Waals surface area contributed by atoms with Gasteiger partial charge in [0, 0.05) is 19.3 Å². The van der Waals surface area contributed by atoms with Gasteiger partial charge in [0.15, 0.2) is 0 Å². The predicted molar refractivity (Wildman–Crippen MR) is 63.2 cm³/mol. The first-order chi connectivity index (χ1) is 8.34. The van der Waals surface area contributed by atoms with E-state index in [2.05, 4.69) is 4.98 Å². The summed E-state index contributed by atoms with van der Waals surface area (Å²) in [6.07, 6.45) is -2.24.